The lowest BCUT2D eigenvalue weighted by molar-refractivity contribution is 0.0694. The van der Waals surface area contributed by atoms with Gasteiger partial charge in [-0.2, -0.15) is 10.4 Å². The van der Waals surface area contributed by atoms with Crippen molar-refractivity contribution in [3.63, 3.8) is 0 Å². The van der Waals surface area contributed by atoms with E-state index in [-0.39, 0.29) is 22.6 Å². The molecule has 1 aromatic heterocycles. The van der Waals surface area contributed by atoms with Gasteiger partial charge in [0.05, 0.1) is 6.20 Å². The molecule has 3 aromatic rings. The van der Waals surface area contributed by atoms with Crippen molar-refractivity contribution in [2.75, 3.05) is 0 Å². The number of aromatic carboxylic acids is 1. The van der Waals surface area contributed by atoms with Crippen molar-refractivity contribution in [2.24, 2.45) is 10.2 Å². The van der Waals surface area contributed by atoms with E-state index in [1.807, 2.05) is 6.07 Å². The second kappa shape index (κ2) is 5.57. The van der Waals surface area contributed by atoms with Gasteiger partial charge in [-0.3, -0.25) is 5.10 Å². The van der Waals surface area contributed by atoms with Gasteiger partial charge in [-0.1, -0.05) is 24.3 Å². The third-order valence-corrected chi connectivity index (χ3v) is 3.22. The molecule has 8 heteroatoms. The van der Waals surface area contributed by atoms with Gasteiger partial charge in [0.1, 0.15) is 22.9 Å². The standard InChI is InChI=1S/C15H9N5O3/c16-6-9-7-17-19-14(9)20-18-12-10-4-2-1-3-8(10)5-11(13(12)21)15(22)23/h1-5,7,21H,(H,17,19)(H,22,23). The number of nitrogens with one attached hydrogen (secondary N) is 1. The fourth-order valence-electron chi connectivity index (χ4n) is 2.12. The third kappa shape index (κ3) is 2.47. The summed E-state index contributed by atoms with van der Waals surface area (Å²) in [5, 5.41) is 43.4. The zero-order valence-corrected chi connectivity index (χ0v) is 11.6. The van der Waals surface area contributed by atoms with Gasteiger partial charge in [0.15, 0.2) is 11.6 Å². The van der Waals surface area contributed by atoms with Crippen LogP contribution in [0.1, 0.15) is 15.9 Å². The maximum absolute atomic E-state index is 11.3. The number of benzene rings is 2. The molecule has 0 aliphatic heterocycles. The van der Waals surface area contributed by atoms with Crippen LogP contribution in [-0.2, 0) is 0 Å². The van der Waals surface area contributed by atoms with Crippen molar-refractivity contribution in [3.05, 3.63) is 47.7 Å². The molecule has 0 spiro atoms. The minimum atomic E-state index is -1.27. The fourth-order valence-corrected chi connectivity index (χ4v) is 2.12. The molecular weight excluding hydrogens is 298 g/mol. The minimum Gasteiger partial charge on any atom is -0.505 e. The fraction of sp³-hybridized carbons (Fsp3) is 0. The molecule has 0 saturated carbocycles. The Kier molecular flexibility index (Phi) is 3.44. The van der Waals surface area contributed by atoms with Crippen LogP contribution in [0.25, 0.3) is 10.8 Å². The number of phenols is 1. The average molecular weight is 307 g/mol. The highest BCUT2D eigenvalue weighted by atomic mass is 16.4. The van der Waals surface area contributed by atoms with Crippen molar-refractivity contribution < 1.29 is 15.0 Å². The van der Waals surface area contributed by atoms with E-state index < -0.39 is 11.7 Å². The molecule has 112 valence electrons. The summed E-state index contributed by atoms with van der Waals surface area (Å²) in [6.07, 6.45) is 1.29. The first kappa shape index (κ1) is 14.2. The summed E-state index contributed by atoms with van der Waals surface area (Å²) >= 11 is 0. The smallest absolute Gasteiger partial charge is 0.339 e. The first-order valence-corrected chi connectivity index (χ1v) is 6.45. The number of fused-ring (bicyclic) bond motifs is 1. The van der Waals surface area contributed by atoms with Crippen LogP contribution in [0.15, 0.2) is 46.8 Å². The van der Waals surface area contributed by atoms with Gasteiger partial charge >= 0.3 is 5.97 Å². The molecule has 3 N–H and O–H groups in total. The Morgan fingerprint density at radius 3 is 2.83 bits per heavy atom. The van der Waals surface area contributed by atoms with Crippen LogP contribution in [0.4, 0.5) is 11.5 Å². The number of carboxylic acid groups (broad SMARTS) is 1. The SMILES string of the molecule is N#Cc1cn[nH]c1N=Nc1c(O)c(C(=O)O)cc2ccccc12. The van der Waals surface area contributed by atoms with Crippen molar-refractivity contribution in [2.45, 2.75) is 0 Å². The van der Waals surface area contributed by atoms with Crippen LogP contribution >= 0.6 is 0 Å². The van der Waals surface area contributed by atoms with Crippen molar-refractivity contribution in [1.29, 1.82) is 5.26 Å². The van der Waals surface area contributed by atoms with E-state index in [4.69, 9.17) is 5.26 Å². The molecule has 0 bridgehead atoms. The highest BCUT2D eigenvalue weighted by molar-refractivity contribution is 6.04. The topological polar surface area (TPSA) is 135 Å². The number of aromatic hydroxyl groups is 1. The molecule has 1 heterocycles. The molecule has 0 amide bonds. The molecule has 2 aromatic carbocycles. The molecule has 0 unspecified atom stereocenters. The van der Waals surface area contributed by atoms with Gasteiger partial charge < -0.3 is 10.2 Å². The van der Waals surface area contributed by atoms with Crippen LogP contribution in [0.2, 0.25) is 0 Å². The van der Waals surface area contributed by atoms with E-state index >= 15 is 0 Å². The number of rotatable bonds is 3. The Morgan fingerprint density at radius 1 is 1.30 bits per heavy atom. The molecule has 0 aliphatic carbocycles. The Morgan fingerprint density at radius 2 is 2.09 bits per heavy atom. The number of nitrogens with zero attached hydrogens (tertiary/aromatic N) is 4. The number of carbonyl (C=O) groups is 1. The monoisotopic (exact) mass is 307 g/mol. The largest absolute Gasteiger partial charge is 0.505 e. The Labute approximate surface area is 129 Å². The lowest BCUT2D eigenvalue weighted by Crippen LogP contribution is -1.97. The number of aromatic amines is 1. The number of nitriles is 1. The summed E-state index contributed by atoms with van der Waals surface area (Å²) in [7, 11) is 0. The first-order chi connectivity index (χ1) is 11.1. The maximum Gasteiger partial charge on any atom is 0.339 e. The van der Waals surface area contributed by atoms with E-state index in [0.29, 0.717) is 10.8 Å². The molecule has 3 rings (SSSR count). The quantitative estimate of drug-likeness (QED) is 0.638. The number of hydrogen-bond donors (Lipinski definition) is 3. The second-order valence-electron chi connectivity index (χ2n) is 4.59. The summed E-state index contributed by atoms with van der Waals surface area (Å²) in [5.41, 5.74) is -0.0753. The first-order valence-electron chi connectivity index (χ1n) is 6.45. The van der Waals surface area contributed by atoms with Gasteiger partial charge in [-0.25, -0.2) is 4.79 Å². The second-order valence-corrected chi connectivity index (χ2v) is 4.59. The summed E-state index contributed by atoms with van der Waals surface area (Å²) in [4.78, 5) is 11.3. The summed E-state index contributed by atoms with van der Waals surface area (Å²) in [6.45, 7) is 0. The molecular formula is C15H9N5O3. The zero-order valence-electron chi connectivity index (χ0n) is 11.6. The lowest BCUT2D eigenvalue weighted by Gasteiger charge is -2.07. The van der Waals surface area contributed by atoms with Crippen LogP contribution in [0.3, 0.4) is 0 Å². The maximum atomic E-state index is 11.3. The third-order valence-electron chi connectivity index (χ3n) is 3.22. The average Bonchev–Trinajstić information content (AvgIpc) is 3.00. The van der Waals surface area contributed by atoms with Crippen LogP contribution in [0, 0.1) is 11.3 Å². The highest BCUT2D eigenvalue weighted by Gasteiger charge is 2.17. The van der Waals surface area contributed by atoms with Gasteiger partial charge in [-0.05, 0) is 11.5 Å². The highest BCUT2D eigenvalue weighted by Crippen LogP contribution is 2.39. The summed E-state index contributed by atoms with van der Waals surface area (Å²) in [5.74, 6) is -1.64. The molecule has 23 heavy (non-hydrogen) atoms. The van der Waals surface area contributed by atoms with E-state index in [0.717, 1.165) is 0 Å². The van der Waals surface area contributed by atoms with Crippen LogP contribution < -0.4 is 0 Å². The van der Waals surface area contributed by atoms with Crippen molar-refractivity contribution in [1.82, 2.24) is 10.2 Å². The van der Waals surface area contributed by atoms with Gasteiger partial charge in [0.25, 0.3) is 0 Å². The minimum absolute atomic E-state index is 0.0130. The Bertz CT molecular complexity index is 984. The lowest BCUT2D eigenvalue weighted by atomic mass is 10.0. The van der Waals surface area contributed by atoms with Crippen molar-refractivity contribution >= 4 is 28.2 Å². The van der Waals surface area contributed by atoms with E-state index in [1.165, 1.54) is 12.3 Å². The van der Waals surface area contributed by atoms with Crippen molar-refractivity contribution in [3.8, 4) is 11.8 Å². The van der Waals surface area contributed by atoms with E-state index in [9.17, 15) is 15.0 Å². The Hall–Kier alpha value is -3.73. The van der Waals surface area contributed by atoms with Crippen LogP contribution in [0.5, 0.6) is 5.75 Å². The zero-order chi connectivity index (χ0) is 16.4. The number of H-pyrrole nitrogens is 1. The predicted molar refractivity (Wildman–Crippen MR) is 80.1 cm³/mol. The summed E-state index contributed by atoms with van der Waals surface area (Å²) < 4.78 is 0. The predicted octanol–water partition coefficient (Wildman–Crippen LogP) is 3.25. The molecule has 0 aliphatic rings. The molecule has 8 nitrogen and oxygen atoms in total. The van der Waals surface area contributed by atoms with Gasteiger partial charge in [0, 0.05) is 5.39 Å². The number of hydrogen-bond acceptors (Lipinski definition) is 6. The van der Waals surface area contributed by atoms with E-state index in [2.05, 4.69) is 20.4 Å². The molecule has 0 atom stereocenters. The Balaban J connectivity index is 2.22. The molecule has 0 fully saturated rings. The van der Waals surface area contributed by atoms with Crippen LogP contribution in [-0.4, -0.2) is 26.4 Å². The van der Waals surface area contributed by atoms with Gasteiger partial charge in [0.2, 0.25) is 0 Å². The van der Waals surface area contributed by atoms with Gasteiger partial charge in [-0.15, -0.1) is 10.2 Å². The molecule has 0 radical (unpaired) electrons. The van der Waals surface area contributed by atoms with E-state index in [1.54, 1.807) is 24.3 Å². The number of carboxylic acids is 1. The summed E-state index contributed by atoms with van der Waals surface area (Å²) in [6, 6.07) is 10.1. The normalized spacial score (nSPS) is 10.9. The molecule has 0 saturated heterocycles. The number of azo groups is 1. The number of aromatic nitrogens is 2.